The fourth-order valence-corrected chi connectivity index (χ4v) is 2.89. The van der Waals surface area contributed by atoms with Gasteiger partial charge in [0.15, 0.2) is 0 Å². The Kier molecular flexibility index (Phi) is 2.32. The Labute approximate surface area is 91.3 Å². The second kappa shape index (κ2) is 3.25. The number of hydrogen-bond donors (Lipinski definition) is 1. The van der Waals surface area contributed by atoms with E-state index in [1.165, 1.54) is 25.1 Å². The topological polar surface area (TPSA) is 12.0 Å². The highest BCUT2D eigenvalue weighted by Gasteiger charge is 2.58. The van der Waals surface area contributed by atoms with Crippen LogP contribution < -0.4 is 5.32 Å². The van der Waals surface area contributed by atoms with Gasteiger partial charge in [0.2, 0.25) is 0 Å². The molecule has 1 aromatic carbocycles. The zero-order valence-electron chi connectivity index (χ0n) is 8.42. The molecule has 1 nitrogen and oxygen atoms in total. The van der Waals surface area contributed by atoms with Crippen LogP contribution in [0.3, 0.4) is 0 Å². The Bertz CT molecular complexity index is 350. The molecule has 0 amide bonds. The molecule has 2 aliphatic rings. The fourth-order valence-electron chi connectivity index (χ4n) is 2.89. The van der Waals surface area contributed by atoms with Gasteiger partial charge in [0, 0.05) is 12.0 Å². The van der Waals surface area contributed by atoms with Gasteiger partial charge in [0.05, 0.1) is 0 Å². The Morgan fingerprint density at radius 2 is 2.14 bits per heavy atom. The number of aryl methyl sites for hydroxylation is 1. The molecule has 2 fully saturated rings. The summed E-state index contributed by atoms with van der Waals surface area (Å²) in [5.74, 6) is 0.925. The average Bonchev–Trinajstić information content (AvgIpc) is 2.70. The molecule has 76 valence electrons. The van der Waals surface area contributed by atoms with E-state index in [1.807, 2.05) is 0 Å². The van der Waals surface area contributed by atoms with E-state index in [1.54, 1.807) is 5.56 Å². The van der Waals surface area contributed by atoms with Crippen LogP contribution in [0.2, 0.25) is 0 Å². The van der Waals surface area contributed by atoms with Crippen LogP contribution in [-0.4, -0.2) is 13.1 Å². The lowest BCUT2D eigenvalue weighted by atomic mass is 9.91. The molecule has 2 unspecified atom stereocenters. The molecular formula is C12H16ClN. The van der Waals surface area contributed by atoms with Crippen molar-refractivity contribution in [3.8, 4) is 0 Å². The predicted octanol–water partition coefficient (Wildman–Crippen LogP) is 2.28. The molecule has 1 saturated heterocycles. The summed E-state index contributed by atoms with van der Waals surface area (Å²) in [4.78, 5) is 0. The predicted molar refractivity (Wildman–Crippen MR) is 61.1 cm³/mol. The van der Waals surface area contributed by atoms with Gasteiger partial charge in [-0.3, -0.25) is 0 Å². The number of fused-ring (bicyclic) bond motifs is 1. The number of hydrogen-bond acceptors (Lipinski definition) is 1. The number of rotatable bonds is 1. The second-order valence-corrected chi connectivity index (χ2v) is 4.50. The number of benzene rings is 1. The zero-order chi connectivity index (χ0) is 8.89. The standard InChI is InChI=1S/C12H15N.ClH/c1-9-4-2-3-5-11(9)12-6-10(12)7-13-8-12;/h2-5,10,13H,6-8H2,1H3;1H. The van der Waals surface area contributed by atoms with Crippen LogP contribution in [0.15, 0.2) is 24.3 Å². The van der Waals surface area contributed by atoms with Gasteiger partial charge in [-0.15, -0.1) is 12.4 Å². The summed E-state index contributed by atoms with van der Waals surface area (Å²) in [7, 11) is 0. The zero-order valence-corrected chi connectivity index (χ0v) is 9.23. The minimum absolute atomic E-state index is 0. The molecule has 1 N–H and O–H groups in total. The van der Waals surface area contributed by atoms with Gasteiger partial charge in [-0.2, -0.15) is 0 Å². The quantitative estimate of drug-likeness (QED) is 0.749. The Morgan fingerprint density at radius 1 is 1.36 bits per heavy atom. The number of nitrogens with one attached hydrogen (secondary N) is 1. The molecule has 1 heterocycles. The minimum Gasteiger partial charge on any atom is -0.316 e. The van der Waals surface area contributed by atoms with Gasteiger partial charge in [-0.1, -0.05) is 24.3 Å². The van der Waals surface area contributed by atoms with Crippen LogP contribution in [0.25, 0.3) is 0 Å². The van der Waals surface area contributed by atoms with E-state index < -0.39 is 0 Å². The van der Waals surface area contributed by atoms with E-state index in [0.717, 1.165) is 5.92 Å². The van der Waals surface area contributed by atoms with Gasteiger partial charge >= 0.3 is 0 Å². The molecule has 1 aliphatic heterocycles. The molecule has 14 heavy (non-hydrogen) atoms. The van der Waals surface area contributed by atoms with Crippen molar-refractivity contribution in [3.05, 3.63) is 35.4 Å². The third-order valence-electron chi connectivity index (χ3n) is 3.74. The summed E-state index contributed by atoms with van der Waals surface area (Å²) in [5.41, 5.74) is 3.59. The van der Waals surface area contributed by atoms with E-state index in [-0.39, 0.29) is 12.4 Å². The van der Waals surface area contributed by atoms with Crippen molar-refractivity contribution < 1.29 is 0 Å². The van der Waals surface area contributed by atoms with Crippen LogP contribution in [0.1, 0.15) is 17.5 Å². The third-order valence-corrected chi connectivity index (χ3v) is 3.74. The van der Waals surface area contributed by atoms with Gasteiger partial charge in [-0.25, -0.2) is 0 Å². The van der Waals surface area contributed by atoms with Crippen molar-refractivity contribution in [1.29, 1.82) is 0 Å². The van der Waals surface area contributed by atoms with Gasteiger partial charge < -0.3 is 5.32 Å². The SMILES string of the molecule is Cc1ccccc1C12CNCC1C2.Cl. The van der Waals surface area contributed by atoms with Crippen molar-refractivity contribution in [2.24, 2.45) is 5.92 Å². The Balaban J connectivity index is 0.000000750. The summed E-state index contributed by atoms with van der Waals surface area (Å²) < 4.78 is 0. The summed E-state index contributed by atoms with van der Waals surface area (Å²) in [6, 6.07) is 8.85. The van der Waals surface area contributed by atoms with Crippen LogP contribution in [0.4, 0.5) is 0 Å². The highest BCUT2D eigenvalue weighted by molar-refractivity contribution is 5.85. The fraction of sp³-hybridized carbons (Fsp3) is 0.500. The summed E-state index contributed by atoms with van der Waals surface area (Å²) in [6.45, 7) is 4.66. The van der Waals surface area contributed by atoms with Gasteiger partial charge in [0.25, 0.3) is 0 Å². The van der Waals surface area contributed by atoms with Crippen LogP contribution >= 0.6 is 12.4 Å². The molecule has 1 saturated carbocycles. The van der Waals surface area contributed by atoms with Gasteiger partial charge in [-0.05, 0) is 36.9 Å². The molecule has 2 atom stereocenters. The summed E-state index contributed by atoms with van der Waals surface area (Å²) in [5, 5.41) is 3.49. The molecular weight excluding hydrogens is 194 g/mol. The maximum atomic E-state index is 3.49. The monoisotopic (exact) mass is 209 g/mol. The maximum Gasteiger partial charge on any atom is 0.0124 e. The first-order valence-corrected chi connectivity index (χ1v) is 5.10. The molecule has 2 heteroatoms. The Morgan fingerprint density at radius 3 is 2.71 bits per heavy atom. The first kappa shape index (κ1) is 10.0. The second-order valence-electron chi connectivity index (χ2n) is 4.50. The van der Waals surface area contributed by atoms with Crippen molar-refractivity contribution in [2.75, 3.05) is 13.1 Å². The van der Waals surface area contributed by atoms with Crippen LogP contribution in [-0.2, 0) is 5.41 Å². The molecule has 0 radical (unpaired) electrons. The lowest BCUT2D eigenvalue weighted by Gasteiger charge is -2.14. The smallest absolute Gasteiger partial charge is 0.0124 e. The first-order valence-electron chi connectivity index (χ1n) is 5.10. The largest absolute Gasteiger partial charge is 0.316 e. The lowest BCUT2D eigenvalue weighted by molar-refractivity contribution is 0.672. The van der Waals surface area contributed by atoms with Crippen LogP contribution in [0, 0.1) is 12.8 Å². The van der Waals surface area contributed by atoms with Crippen LogP contribution in [0.5, 0.6) is 0 Å². The molecule has 0 bridgehead atoms. The lowest BCUT2D eigenvalue weighted by Crippen LogP contribution is -2.19. The average molecular weight is 210 g/mol. The normalized spacial score (nSPS) is 33.4. The van der Waals surface area contributed by atoms with Crippen molar-refractivity contribution in [2.45, 2.75) is 18.8 Å². The number of piperidine rings is 1. The summed E-state index contributed by atoms with van der Waals surface area (Å²) in [6.07, 6.45) is 1.41. The molecule has 1 aliphatic carbocycles. The van der Waals surface area contributed by atoms with E-state index in [0.29, 0.717) is 5.41 Å². The van der Waals surface area contributed by atoms with Crippen molar-refractivity contribution >= 4 is 12.4 Å². The highest BCUT2D eigenvalue weighted by atomic mass is 35.5. The molecule has 1 aromatic rings. The van der Waals surface area contributed by atoms with Crippen molar-refractivity contribution in [1.82, 2.24) is 5.32 Å². The van der Waals surface area contributed by atoms with E-state index in [4.69, 9.17) is 0 Å². The van der Waals surface area contributed by atoms with E-state index in [2.05, 4.69) is 36.5 Å². The molecule has 0 aromatic heterocycles. The Hall–Kier alpha value is -0.530. The highest BCUT2D eigenvalue weighted by Crippen LogP contribution is 2.56. The van der Waals surface area contributed by atoms with Gasteiger partial charge in [0.1, 0.15) is 0 Å². The third kappa shape index (κ3) is 1.19. The van der Waals surface area contributed by atoms with E-state index >= 15 is 0 Å². The maximum absolute atomic E-state index is 3.49. The molecule has 3 rings (SSSR count). The molecule has 0 spiro atoms. The number of halogens is 1. The van der Waals surface area contributed by atoms with E-state index in [9.17, 15) is 0 Å². The van der Waals surface area contributed by atoms with Crippen molar-refractivity contribution in [3.63, 3.8) is 0 Å². The minimum atomic E-state index is 0. The summed E-state index contributed by atoms with van der Waals surface area (Å²) >= 11 is 0. The first-order chi connectivity index (χ1) is 6.33.